The van der Waals surface area contributed by atoms with Crippen molar-refractivity contribution in [2.75, 3.05) is 20.2 Å². The average Bonchev–Trinajstić information content (AvgIpc) is 2.35. The van der Waals surface area contributed by atoms with Crippen LogP contribution in [0.15, 0.2) is 24.3 Å². The predicted octanol–water partition coefficient (Wildman–Crippen LogP) is 1.91. The first kappa shape index (κ1) is 14.8. The van der Waals surface area contributed by atoms with Crippen molar-refractivity contribution < 1.29 is 9.53 Å². The van der Waals surface area contributed by atoms with Crippen molar-refractivity contribution in [3.8, 4) is 5.75 Å². The summed E-state index contributed by atoms with van der Waals surface area (Å²) in [6.45, 7) is 2.87. The van der Waals surface area contributed by atoms with Crippen molar-refractivity contribution in [1.29, 1.82) is 0 Å². The topological polar surface area (TPSA) is 55.6 Å². The summed E-state index contributed by atoms with van der Waals surface area (Å²) >= 11 is 5.77. The normalized spacial score (nSPS) is 12.0. The highest BCUT2D eigenvalue weighted by Crippen LogP contribution is 2.15. The van der Waals surface area contributed by atoms with Crippen LogP contribution in [-0.4, -0.2) is 37.0 Å². The monoisotopic (exact) mass is 270 g/mol. The lowest BCUT2D eigenvalue weighted by atomic mass is 10.3. The van der Waals surface area contributed by atoms with Crippen LogP contribution in [0.4, 0.5) is 0 Å². The number of ether oxygens (including phenoxy) is 1. The molecule has 0 saturated carbocycles. The first-order chi connectivity index (χ1) is 8.50. The summed E-state index contributed by atoms with van der Waals surface area (Å²) in [4.78, 5) is 13.1. The Morgan fingerprint density at radius 1 is 1.44 bits per heavy atom. The van der Waals surface area contributed by atoms with Gasteiger partial charge in [-0.1, -0.05) is 11.6 Å². The zero-order valence-corrected chi connectivity index (χ0v) is 11.5. The van der Waals surface area contributed by atoms with Gasteiger partial charge in [0.1, 0.15) is 5.75 Å². The summed E-state index contributed by atoms with van der Waals surface area (Å²) in [7, 11) is 1.74. The maximum Gasteiger partial charge on any atom is 0.238 e. The SMILES string of the molecule is C[C@H](N)C(=O)N(C)CCCOc1ccc(Cl)cc1. The molecule has 1 aromatic rings. The third-order valence-electron chi connectivity index (χ3n) is 2.49. The molecule has 0 unspecified atom stereocenters. The smallest absolute Gasteiger partial charge is 0.238 e. The van der Waals surface area contributed by atoms with Gasteiger partial charge in [-0.05, 0) is 37.6 Å². The van der Waals surface area contributed by atoms with Gasteiger partial charge in [0.2, 0.25) is 5.91 Å². The van der Waals surface area contributed by atoms with Gasteiger partial charge in [0, 0.05) is 18.6 Å². The van der Waals surface area contributed by atoms with Gasteiger partial charge >= 0.3 is 0 Å². The fourth-order valence-electron chi connectivity index (χ4n) is 1.48. The summed E-state index contributed by atoms with van der Waals surface area (Å²) < 4.78 is 5.52. The van der Waals surface area contributed by atoms with Crippen LogP contribution in [0.1, 0.15) is 13.3 Å². The fourth-order valence-corrected chi connectivity index (χ4v) is 1.61. The fraction of sp³-hybridized carbons (Fsp3) is 0.462. The molecule has 1 amide bonds. The number of amides is 1. The lowest BCUT2D eigenvalue weighted by Crippen LogP contribution is -2.40. The number of hydrogen-bond acceptors (Lipinski definition) is 3. The average molecular weight is 271 g/mol. The van der Waals surface area contributed by atoms with Crippen LogP contribution in [0.25, 0.3) is 0 Å². The summed E-state index contributed by atoms with van der Waals surface area (Å²) in [5.41, 5.74) is 5.51. The Kier molecular flexibility index (Phi) is 5.95. The molecule has 1 atom stereocenters. The summed E-state index contributed by atoms with van der Waals surface area (Å²) in [5.74, 6) is 0.724. The Morgan fingerprint density at radius 2 is 2.06 bits per heavy atom. The number of halogens is 1. The van der Waals surface area contributed by atoms with E-state index in [2.05, 4.69) is 0 Å². The van der Waals surface area contributed by atoms with Crippen LogP contribution < -0.4 is 10.5 Å². The minimum Gasteiger partial charge on any atom is -0.494 e. The molecule has 0 spiro atoms. The molecule has 0 aliphatic carbocycles. The van der Waals surface area contributed by atoms with E-state index in [0.717, 1.165) is 12.2 Å². The standard InChI is InChI=1S/C13H19ClN2O2/c1-10(15)13(17)16(2)8-3-9-18-12-6-4-11(14)5-7-12/h4-7,10H,3,8-9,15H2,1-2H3/t10-/m0/s1. The van der Waals surface area contributed by atoms with Crippen LogP contribution in [0, 0.1) is 0 Å². The summed E-state index contributed by atoms with van der Waals surface area (Å²) in [6.07, 6.45) is 0.761. The second-order valence-electron chi connectivity index (χ2n) is 4.20. The number of rotatable bonds is 6. The molecule has 100 valence electrons. The lowest BCUT2D eigenvalue weighted by Gasteiger charge is -2.19. The second-order valence-corrected chi connectivity index (χ2v) is 4.64. The van der Waals surface area contributed by atoms with E-state index < -0.39 is 6.04 Å². The van der Waals surface area contributed by atoms with E-state index in [1.54, 1.807) is 31.0 Å². The highest BCUT2D eigenvalue weighted by molar-refractivity contribution is 6.30. The van der Waals surface area contributed by atoms with E-state index in [4.69, 9.17) is 22.1 Å². The van der Waals surface area contributed by atoms with Gasteiger partial charge in [0.25, 0.3) is 0 Å². The lowest BCUT2D eigenvalue weighted by molar-refractivity contribution is -0.130. The summed E-state index contributed by atoms with van der Waals surface area (Å²) in [5, 5.41) is 0.685. The van der Waals surface area contributed by atoms with Crippen molar-refractivity contribution in [2.45, 2.75) is 19.4 Å². The van der Waals surface area contributed by atoms with Crippen LogP contribution >= 0.6 is 11.6 Å². The van der Waals surface area contributed by atoms with Crippen molar-refractivity contribution in [3.63, 3.8) is 0 Å². The highest BCUT2D eigenvalue weighted by Gasteiger charge is 2.12. The number of likely N-dealkylation sites (N-methyl/N-ethyl adjacent to an activating group) is 1. The number of benzene rings is 1. The molecule has 2 N–H and O–H groups in total. The third kappa shape index (κ3) is 4.94. The zero-order valence-electron chi connectivity index (χ0n) is 10.7. The van der Waals surface area contributed by atoms with E-state index in [1.165, 1.54) is 0 Å². The quantitative estimate of drug-likeness (QED) is 0.804. The summed E-state index contributed by atoms with van der Waals surface area (Å²) in [6, 6.07) is 6.75. The van der Waals surface area contributed by atoms with E-state index in [1.807, 2.05) is 12.1 Å². The highest BCUT2D eigenvalue weighted by atomic mass is 35.5. The number of carbonyl (C=O) groups is 1. The molecule has 1 aromatic carbocycles. The zero-order chi connectivity index (χ0) is 13.5. The molecule has 0 aliphatic heterocycles. The molecule has 0 aromatic heterocycles. The van der Waals surface area contributed by atoms with Gasteiger partial charge in [-0.25, -0.2) is 0 Å². The van der Waals surface area contributed by atoms with Gasteiger partial charge < -0.3 is 15.4 Å². The molecule has 0 fully saturated rings. The van der Waals surface area contributed by atoms with E-state index in [-0.39, 0.29) is 5.91 Å². The molecular formula is C13H19ClN2O2. The van der Waals surface area contributed by atoms with Gasteiger partial charge in [-0.15, -0.1) is 0 Å². The van der Waals surface area contributed by atoms with Crippen LogP contribution in [0.3, 0.4) is 0 Å². The minimum atomic E-state index is -0.452. The maximum atomic E-state index is 11.5. The van der Waals surface area contributed by atoms with Crippen molar-refractivity contribution >= 4 is 17.5 Å². The van der Waals surface area contributed by atoms with E-state index in [9.17, 15) is 4.79 Å². The maximum absolute atomic E-state index is 11.5. The largest absolute Gasteiger partial charge is 0.494 e. The van der Waals surface area contributed by atoms with Crippen LogP contribution in [-0.2, 0) is 4.79 Å². The van der Waals surface area contributed by atoms with Crippen LogP contribution in [0.5, 0.6) is 5.75 Å². The minimum absolute atomic E-state index is 0.0542. The number of hydrogen-bond donors (Lipinski definition) is 1. The number of carbonyl (C=O) groups excluding carboxylic acids is 1. The van der Waals surface area contributed by atoms with Gasteiger partial charge in [0.05, 0.1) is 12.6 Å². The Morgan fingerprint density at radius 3 is 2.61 bits per heavy atom. The number of nitrogens with zero attached hydrogens (tertiary/aromatic N) is 1. The second kappa shape index (κ2) is 7.24. The van der Waals surface area contributed by atoms with E-state index >= 15 is 0 Å². The molecule has 18 heavy (non-hydrogen) atoms. The van der Waals surface area contributed by atoms with Crippen molar-refractivity contribution in [1.82, 2.24) is 4.90 Å². The van der Waals surface area contributed by atoms with Gasteiger partial charge in [-0.3, -0.25) is 4.79 Å². The third-order valence-corrected chi connectivity index (χ3v) is 2.74. The Balaban J connectivity index is 2.22. The molecule has 0 aliphatic rings. The molecule has 0 saturated heterocycles. The predicted molar refractivity (Wildman–Crippen MR) is 72.9 cm³/mol. The Hall–Kier alpha value is -1.26. The molecule has 0 bridgehead atoms. The van der Waals surface area contributed by atoms with Crippen molar-refractivity contribution in [3.05, 3.63) is 29.3 Å². The van der Waals surface area contributed by atoms with Gasteiger partial charge in [0.15, 0.2) is 0 Å². The molecule has 0 radical (unpaired) electrons. The van der Waals surface area contributed by atoms with E-state index in [0.29, 0.717) is 18.2 Å². The Bertz CT molecular complexity index is 379. The van der Waals surface area contributed by atoms with Crippen LogP contribution in [0.2, 0.25) is 5.02 Å². The Labute approximate surface area is 113 Å². The number of nitrogens with two attached hydrogens (primary N) is 1. The molecule has 5 heteroatoms. The molecule has 1 rings (SSSR count). The first-order valence-electron chi connectivity index (χ1n) is 5.89. The van der Waals surface area contributed by atoms with Gasteiger partial charge in [-0.2, -0.15) is 0 Å². The molecule has 0 heterocycles. The van der Waals surface area contributed by atoms with Crippen molar-refractivity contribution in [2.24, 2.45) is 5.73 Å². The molecular weight excluding hydrogens is 252 g/mol. The molecule has 4 nitrogen and oxygen atoms in total. The first-order valence-corrected chi connectivity index (χ1v) is 6.27.